The van der Waals surface area contributed by atoms with Crippen LogP contribution in [0.3, 0.4) is 0 Å². The number of alkyl halides is 3. The number of anilines is 1. The molecule has 0 fully saturated rings. The molecule has 0 saturated heterocycles. The first-order valence-electron chi connectivity index (χ1n) is 6.98. The number of aromatic nitrogens is 4. The molecular formula is C15H8F5N5O. The van der Waals surface area contributed by atoms with Crippen molar-refractivity contribution in [2.24, 2.45) is 0 Å². The first kappa shape index (κ1) is 17.5. The summed E-state index contributed by atoms with van der Waals surface area (Å²) >= 11 is 0. The van der Waals surface area contributed by atoms with Crippen molar-refractivity contribution in [2.75, 3.05) is 5.32 Å². The maximum atomic E-state index is 13.1. The number of carbonyl (C=O) groups is 1. The monoisotopic (exact) mass is 369 g/mol. The van der Waals surface area contributed by atoms with E-state index in [1.54, 1.807) is 0 Å². The molecule has 0 saturated carbocycles. The molecule has 0 radical (unpaired) electrons. The van der Waals surface area contributed by atoms with Crippen molar-refractivity contribution in [2.45, 2.75) is 6.18 Å². The molecule has 0 aliphatic heterocycles. The number of amides is 1. The van der Waals surface area contributed by atoms with Gasteiger partial charge in [0, 0.05) is 11.8 Å². The van der Waals surface area contributed by atoms with Crippen molar-refractivity contribution >= 4 is 11.6 Å². The highest BCUT2D eigenvalue weighted by Gasteiger charge is 2.30. The van der Waals surface area contributed by atoms with Gasteiger partial charge >= 0.3 is 6.18 Å². The summed E-state index contributed by atoms with van der Waals surface area (Å²) in [5.41, 5.74) is -0.727. The number of hydrogen-bond acceptors (Lipinski definition) is 4. The fourth-order valence-corrected chi connectivity index (χ4v) is 1.96. The average molecular weight is 369 g/mol. The highest BCUT2D eigenvalue weighted by Crippen LogP contribution is 2.29. The van der Waals surface area contributed by atoms with Gasteiger partial charge in [-0.2, -0.15) is 13.2 Å². The van der Waals surface area contributed by atoms with Crippen LogP contribution in [0.15, 0.2) is 42.5 Å². The van der Waals surface area contributed by atoms with Crippen molar-refractivity contribution in [3.05, 3.63) is 65.5 Å². The summed E-state index contributed by atoms with van der Waals surface area (Å²) in [6.45, 7) is 0. The zero-order valence-corrected chi connectivity index (χ0v) is 12.6. The van der Waals surface area contributed by atoms with E-state index >= 15 is 0 Å². The molecule has 0 atom stereocenters. The Kier molecular flexibility index (Phi) is 4.36. The normalized spacial score (nSPS) is 11.4. The Morgan fingerprint density at radius 2 is 1.69 bits per heavy atom. The fourth-order valence-electron chi connectivity index (χ4n) is 1.96. The quantitative estimate of drug-likeness (QED) is 0.720. The van der Waals surface area contributed by atoms with Gasteiger partial charge in [-0.1, -0.05) is 0 Å². The molecule has 0 aliphatic carbocycles. The summed E-state index contributed by atoms with van der Waals surface area (Å²) in [5, 5.41) is 13.0. The van der Waals surface area contributed by atoms with Gasteiger partial charge in [0.25, 0.3) is 11.7 Å². The number of nitrogens with one attached hydrogen (secondary N) is 1. The topological polar surface area (TPSA) is 72.7 Å². The van der Waals surface area contributed by atoms with Crippen molar-refractivity contribution in [1.82, 2.24) is 20.2 Å². The third kappa shape index (κ3) is 3.66. The number of tetrazole rings is 1. The minimum Gasteiger partial charge on any atom is -0.319 e. The van der Waals surface area contributed by atoms with Gasteiger partial charge < -0.3 is 5.32 Å². The summed E-state index contributed by atoms with van der Waals surface area (Å²) < 4.78 is 63.6. The van der Waals surface area contributed by atoms with E-state index in [2.05, 4.69) is 20.7 Å². The predicted molar refractivity (Wildman–Crippen MR) is 78.5 cm³/mol. The Bertz CT molecular complexity index is 952. The van der Waals surface area contributed by atoms with Gasteiger partial charge in [-0.15, -0.1) is 15.0 Å². The molecule has 1 aromatic heterocycles. The SMILES string of the molecule is O=C(Nc1ccc(F)c(F)c1)c1nnn(-c2ccc(C(F)(F)F)cc2)n1. The van der Waals surface area contributed by atoms with Crippen LogP contribution in [0.1, 0.15) is 16.2 Å². The largest absolute Gasteiger partial charge is 0.416 e. The van der Waals surface area contributed by atoms with E-state index in [1.165, 1.54) is 0 Å². The maximum Gasteiger partial charge on any atom is 0.416 e. The van der Waals surface area contributed by atoms with Gasteiger partial charge in [-0.25, -0.2) is 8.78 Å². The molecule has 6 nitrogen and oxygen atoms in total. The molecule has 0 aliphatic rings. The second-order valence-corrected chi connectivity index (χ2v) is 5.03. The van der Waals surface area contributed by atoms with Crippen molar-refractivity contribution in [1.29, 1.82) is 0 Å². The second-order valence-electron chi connectivity index (χ2n) is 5.03. The van der Waals surface area contributed by atoms with Crippen LogP contribution in [0.25, 0.3) is 5.69 Å². The Balaban J connectivity index is 1.76. The minimum atomic E-state index is -4.48. The molecule has 0 bridgehead atoms. The number of carbonyl (C=O) groups excluding carboxylic acids is 1. The van der Waals surface area contributed by atoms with Crippen molar-refractivity contribution in [3.63, 3.8) is 0 Å². The number of benzene rings is 2. The van der Waals surface area contributed by atoms with Crippen LogP contribution < -0.4 is 5.32 Å². The Morgan fingerprint density at radius 3 is 2.31 bits per heavy atom. The molecule has 11 heteroatoms. The van der Waals surface area contributed by atoms with E-state index in [0.29, 0.717) is 0 Å². The molecule has 1 heterocycles. The van der Waals surface area contributed by atoms with Gasteiger partial charge in [-0.05, 0) is 41.6 Å². The Labute approximate surface area is 142 Å². The first-order chi connectivity index (χ1) is 12.2. The van der Waals surface area contributed by atoms with Crippen LogP contribution in [-0.2, 0) is 6.18 Å². The Hall–Kier alpha value is -3.37. The molecule has 3 aromatic rings. The number of nitrogens with zero attached hydrogens (tertiary/aromatic N) is 4. The fraction of sp³-hybridized carbons (Fsp3) is 0.0667. The van der Waals surface area contributed by atoms with E-state index in [-0.39, 0.29) is 11.4 Å². The van der Waals surface area contributed by atoms with Crippen LogP contribution in [0.4, 0.5) is 27.6 Å². The van der Waals surface area contributed by atoms with Gasteiger partial charge in [0.05, 0.1) is 11.3 Å². The van der Waals surface area contributed by atoms with Crippen molar-refractivity contribution in [3.8, 4) is 5.69 Å². The van der Waals surface area contributed by atoms with Crippen LogP contribution in [0.2, 0.25) is 0 Å². The molecule has 26 heavy (non-hydrogen) atoms. The Morgan fingerprint density at radius 1 is 1.00 bits per heavy atom. The van der Waals surface area contributed by atoms with Crippen LogP contribution in [0.5, 0.6) is 0 Å². The minimum absolute atomic E-state index is 0.0280. The van der Waals surface area contributed by atoms with Gasteiger partial charge in [0.2, 0.25) is 0 Å². The van der Waals surface area contributed by atoms with E-state index in [1.807, 2.05) is 0 Å². The highest BCUT2D eigenvalue weighted by atomic mass is 19.4. The lowest BCUT2D eigenvalue weighted by Crippen LogP contribution is -2.14. The van der Waals surface area contributed by atoms with Crippen LogP contribution >= 0.6 is 0 Å². The lowest BCUT2D eigenvalue weighted by Gasteiger charge is -2.06. The second kappa shape index (κ2) is 6.50. The van der Waals surface area contributed by atoms with Gasteiger partial charge in [-0.3, -0.25) is 4.79 Å². The highest BCUT2D eigenvalue weighted by molar-refractivity contribution is 6.01. The molecular weight excluding hydrogens is 361 g/mol. The van der Waals surface area contributed by atoms with E-state index in [4.69, 9.17) is 0 Å². The number of hydrogen-bond donors (Lipinski definition) is 1. The van der Waals surface area contributed by atoms with Gasteiger partial charge in [0.1, 0.15) is 0 Å². The average Bonchev–Trinajstić information content (AvgIpc) is 3.08. The number of halogens is 5. The lowest BCUT2D eigenvalue weighted by atomic mass is 10.2. The van der Waals surface area contributed by atoms with Crippen LogP contribution in [-0.4, -0.2) is 26.1 Å². The third-order valence-electron chi connectivity index (χ3n) is 3.22. The predicted octanol–water partition coefficient (Wildman–Crippen LogP) is 3.21. The van der Waals surface area contributed by atoms with Crippen molar-refractivity contribution < 1.29 is 26.7 Å². The van der Waals surface area contributed by atoms with Crippen LogP contribution in [0, 0.1) is 11.6 Å². The lowest BCUT2D eigenvalue weighted by molar-refractivity contribution is -0.137. The smallest absolute Gasteiger partial charge is 0.319 e. The summed E-state index contributed by atoms with van der Waals surface area (Å²) in [6.07, 6.45) is -4.48. The maximum absolute atomic E-state index is 13.1. The molecule has 1 amide bonds. The molecule has 2 aromatic carbocycles. The molecule has 1 N–H and O–H groups in total. The molecule has 3 rings (SSSR count). The molecule has 134 valence electrons. The standard InChI is InChI=1S/C15H8F5N5O/c16-11-6-3-9(7-12(11)17)21-14(26)13-22-24-25(23-13)10-4-1-8(2-5-10)15(18,19)20/h1-7H,(H,21,26). The molecule has 0 spiro atoms. The summed E-state index contributed by atoms with van der Waals surface area (Å²) in [5.74, 6) is -3.48. The zero-order valence-electron chi connectivity index (χ0n) is 12.6. The zero-order chi connectivity index (χ0) is 18.9. The molecule has 0 unspecified atom stereocenters. The summed E-state index contributed by atoms with van der Waals surface area (Å²) in [6, 6.07) is 6.63. The first-order valence-corrected chi connectivity index (χ1v) is 6.98. The number of rotatable bonds is 3. The van der Waals surface area contributed by atoms with E-state index in [9.17, 15) is 26.7 Å². The van der Waals surface area contributed by atoms with Gasteiger partial charge in [0.15, 0.2) is 11.6 Å². The third-order valence-corrected chi connectivity index (χ3v) is 3.22. The summed E-state index contributed by atoms with van der Waals surface area (Å²) in [4.78, 5) is 12.8. The van der Waals surface area contributed by atoms with E-state index in [0.717, 1.165) is 47.3 Å². The van der Waals surface area contributed by atoms with E-state index < -0.39 is 35.1 Å². The summed E-state index contributed by atoms with van der Waals surface area (Å²) in [7, 11) is 0.